The summed E-state index contributed by atoms with van der Waals surface area (Å²) >= 11 is 1.60. The molecule has 0 bridgehead atoms. The van der Waals surface area contributed by atoms with Crippen LogP contribution in [0.3, 0.4) is 0 Å². The van der Waals surface area contributed by atoms with Gasteiger partial charge in [0.1, 0.15) is 6.04 Å². The molecule has 31 heavy (non-hydrogen) atoms. The highest BCUT2D eigenvalue weighted by Gasteiger charge is 2.29. The molecule has 0 aliphatic heterocycles. The number of thioether (sulfide) groups is 1. The van der Waals surface area contributed by atoms with E-state index in [4.69, 9.17) is 0 Å². The minimum absolute atomic E-state index is 0.00406. The molecule has 0 saturated heterocycles. The van der Waals surface area contributed by atoms with Gasteiger partial charge in [0.2, 0.25) is 11.8 Å². The van der Waals surface area contributed by atoms with Crippen molar-refractivity contribution in [2.75, 3.05) is 5.75 Å². The molecule has 0 aliphatic rings. The smallest absolute Gasteiger partial charge is 0.243 e. The molecule has 5 heteroatoms. The van der Waals surface area contributed by atoms with Crippen LogP contribution in [0, 0.1) is 13.8 Å². The Morgan fingerprint density at radius 3 is 2.29 bits per heavy atom. The molecule has 2 rings (SSSR count). The maximum absolute atomic E-state index is 13.3. The molecule has 2 aromatic carbocycles. The summed E-state index contributed by atoms with van der Waals surface area (Å²) in [6.45, 7) is 10.6. The molecule has 2 amide bonds. The fraction of sp³-hybridized carbons (Fsp3) is 0.462. The van der Waals surface area contributed by atoms with E-state index < -0.39 is 6.04 Å². The second-order valence-corrected chi connectivity index (χ2v) is 9.22. The van der Waals surface area contributed by atoms with Gasteiger partial charge in [0, 0.05) is 18.3 Å². The number of hydrogen-bond donors (Lipinski definition) is 1. The lowest BCUT2D eigenvalue weighted by molar-refractivity contribution is -0.139. The number of nitrogens with zero attached hydrogens (tertiary/aromatic N) is 1. The van der Waals surface area contributed by atoms with Crippen LogP contribution in [-0.2, 0) is 21.9 Å². The second kappa shape index (κ2) is 12.6. The third kappa shape index (κ3) is 8.06. The van der Waals surface area contributed by atoms with Crippen LogP contribution in [0.4, 0.5) is 0 Å². The average Bonchev–Trinajstić information content (AvgIpc) is 2.74. The summed E-state index contributed by atoms with van der Waals surface area (Å²) in [6, 6.07) is 16.1. The first-order valence-corrected chi connectivity index (χ1v) is 12.3. The lowest BCUT2D eigenvalue weighted by Crippen LogP contribution is -2.51. The van der Waals surface area contributed by atoms with E-state index >= 15 is 0 Å². The third-order valence-corrected chi connectivity index (χ3v) is 6.43. The van der Waals surface area contributed by atoms with Crippen LogP contribution in [-0.4, -0.2) is 34.6 Å². The monoisotopic (exact) mass is 440 g/mol. The van der Waals surface area contributed by atoms with Gasteiger partial charge in [-0.3, -0.25) is 9.59 Å². The maximum atomic E-state index is 13.3. The Labute approximate surface area is 191 Å². The largest absolute Gasteiger partial charge is 0.352 e. The molecule has 0 fully saturated rings. The molecule has 1 N–H and O–H groups in total. The predicted octanol–water partition coefficient (Wildman–Crippen LogP) is 5.26. The zero-order chi connectivity index (χ0) is 22.8. The fourth-order valence-electron chi connectivity index (χ4n) is 3.39. The van der Waals surface area contributed by atoms with Gasteiger partial charge in [0.15, 0.2) is 0 Å². The number of nitrogens with one attached hydrogen (secondary N) is 1. The zero-order valence-corrected chi connectivity index (χ0v) is 20.3. The number of hydrogen-bond acceptors (Lipinski definition) is 3. The van der Waals surface area contributed by atoms with Crippen molar-refractivity contribution in [1.82, 2.24) is 10.2 Å². The Morgan fingerprint density at radius 2 is 1.68 bits per heavy atom. The van der Waals surface area contributed by atoms with Gasteiger partial charge in [0.05, 0.1) is 5.75 Å². The topological polar surface area (TPSA) is 49.4 Å². The molecule has 0 radical (unpaired) electrons. The molecule has 0 heterocycles. The number of aryl methyl sites for hydroxylation is 2. The minimum atomic E-state index is -0.470. The third-order valence-electron chi connectivity index (χ3n) is 5.44. The summed E-state index contributed by atoms with van der Waals surface area (Å²) in [5, 5.41) is 3.06. The number of rotatable bonds is 11. The first-order valence-electron chi connectivity index (χ1n) is 11.1. The average molecular weight is 441 g/mol. The van der Waals surface area contributed by atoms with Gasteiger partial charge in [-0.05, 0) is 44.7 Å². The van der Waals surface area contributed by atoms with E-state index in [0.717, 1.165) is 17.7 Å². The quantitative estimate of drug-likeness (QED) is 0.519. The van der Waals surface area contributed by atoms with E-state index in [-0.39, 0.29) is 17.9 Å². The van der Waals surface area contributed by atoms with Crippen LogP contribution < -0.4 is 5.32 Å². The standard InChI is InChI=1S/C26H36N2O2S/c1-6-21(5)27-26(30)24(7-2)28(16-22-13-11-19(3)12-14-22)25(29)18-31-17-23-10-8-9-20(4)15-23/h8-15,21,24H,6-7,16-18H2,1-5H3,(H,27,30). The zero-order valence-electron chi connectivity index (χ0n) is 19.5. The summed E-state index contributed by atoms with van der Waals surface area (Å²) < 4.78 is 0. The maximum Gasteiger partial charge on any atom is 0.243 e. The number of benzene rings is 2. The highest BCUT2D eigenvalue weighted by molar-refractivity contribution is 7.99. The van der Waals surface area contributed by atoms with Crippen molar-refractivity contribution in [3.63, 3.8) is 0 Å². The summed E-state index contributed by atoms with van der Waals surface area (Å²) in [7, 11) is 0. The van der Waals surface area contributed by atoms with Crippen molar-refractivity contribution in [2.24, 2.45) is 0 Å². The van der Waals surface area contributed by atoms with Gasteiger partial charge in [0.25, 0.3) is 0 Å². The van der Waals surface area contributed by atoms with Crippen LogP contribution in [0.5, 0.6) is 0 Å². The van der Waals surface area contributed by atoms with Gasteiger partial charge >= 0.3 is 0 Å². The molecular weight excluding hydrogens is 404 g/mol. The molecule has 168 valence electrons. The van der Waals surface area contributed by atoms with Crippen LogP contribution in [0.25, 0.3) is 0 Å². The molecule has 2 aromatic rings. The molecule has 0 aromatic heterocycles. The Balaban J connectivity index is 2.13. The first-order chi connectivity index (χ1) is 14.8. The van der Waals surface area contributed by atoms with Crippen LogP contribution in [0.2, 0.25) is 0 Å². The Kier molecular flexibility index (Phi) is 10.1. The van der Waals surface area contributed by atoms with Gasteiger partial charge in [-0.25, -0.2) is 0 Å². The van der Waals surface area contributed by atoms with Crippen LogP contribution in [0.1, 0.15) is 55.9 Å². The lowest BCUT2D eigenvalue weighted by atomic mass is 10.1. The van der Waals surface area contributed by atoms with E-state index in [1.165, 1.54) is 16.7 Å². The Morgan fingerprint density at radius 1 is 0.968 bits per heavy atom. The SMILES string of the molecule is CCC(C)NC(=O)C(CC)N(Cc1ccc(C)cc1)C(=O)CSCc1cccc(C)c1. The number of carbonyl (C=O) groups is 2. The lowest BCUT2D eigenvalue weighted by Gasteiger charge is -2.31. The Bertz CT molecular complexity index is 851. The van der Waals surface area contributed by atoms with E-state index in [9.17, 15) is 9.59 Å². The summed E-state index contributed by atoms with van der Waals surface area (Å²) in [5.41, 5.74) is 4.65. The fourth-order valence-corrected chi connectivity index (χ4v) is 4.25. The number of amides is 2. The highest BCUT2D eigenvalue weighted by atomic mass is 32.2. The van der Waals surface area contributed by atoms with Crippen molar-refractivity contribution < 1.29 is 9.59 Å². The predicted molar refractivity (Wildman–Crippen MR) is 131 cm³/mol. The van der Waals surface area contributed by atoms with Crippen molar-refractivity contribution in [3.05, 3.63) is 70.8 Å². The van der Waals surface area contributed by atoms with E-state index in [2.05, 4.69) is 30.4 Å². The van der Waals surface area contributed by atoms with E-state index in [1.54, 1.807) is 16.7 Å². The summed E-state index contributed by atoms with van der Waals surface area (Å²) in [5.74, 6) is 1.07. The molecular formula is C26H36N2O2S. The van der Waals surface area contributed by atoms with Crippen molar-refractivity contribution in [3.8, 4) is 0 Å². The molecule has 2 atom stereocenters. The van der Waals surface area contributed by atoms with Crippen LogP contribution >= 0.6 is 11.8 Å². The normalized spacial score (nSPS) is 12.8. The molecule has 0 spiro atoms. The van der Waals surface area contributed by atoms with Crippen molar-refractivity contribution in [1.29, 1.82) is 0 Å². The Hall–Kier alpha value is -2.27. The molecule has 0 aliphatic carbocycles. The van der Waals surface area contributed by atoms with Gasteiger partial charge < -0.3 is 10.2 Å². The number of carbonyl (C=O) groups excluding carboxylic acids is 2. The second-order valence-electron chi connectivity index (χ2n) is 8.23. The van der Waals surface area contributed by atoms with Gasteiger partial charge in [-0.2, -0.15) is 0 Å². The van der Waals surface area contributed by atoms with Crippen molar-refractivity contribution in [2.45, 2.75) is 71.8 Å². The molecule has 0 saturated carbocycles. The summed E-state index contributed by atoms with van der Waals surface area (Å²) in [4.78, 5) is 28.0. The van der Waals surface area contributed by atoms with Crippen LogP contribution in [0.15, 0.2) is 48.5 Å². The highest BCUT2D eigenvalue weighted by Crippen LogP contribution is 2.18. The van der Waals surface area contributed by atoms with Gasteiger partial charge in [-0.15, -0.1) is 11.8 Å². The van der Waals surface area contributed by atoms with Crippen molar-refractivity contribution >= 4 is 23.6 Å². The van der Waals surface area contributed by atoms with E-state index in [1.807, 2.05) is 58.0 Å². The summed E-state index contributed by atoms with van der Waals surface area (Å²) in [6.07, 6.45) is 1.45. The van der Waals surface area contributed by atoms with Gasteiger partial charge in [-0.1, -0.05) is 73.5 Å². The minimum Gasteiger partial charge on any atom is -0.352 e. The van der Waals surface area contributed by atoms with E-state index in [0.29, 0.717) is 18.7 Å². The molecule has 2 unspecified atom stereocenters. The molecule has 4 nitrogen and oxygen atoms in total. The first kappa shape index (κ1) is 25.0.